The number of alkyl halides is 4. The molecule has 2 aromatic rings. The van der Waals surface area contributed by atoms with Gasteiger partial charge in [-0.1, -0.05) is 6.58 Å². The maximum atomic E-state index is 14.4. The van der Waals surface area contributed by atoms with Gasteiger partial charge in [-0.2, -0.15) is 23.1 Å². The number of fused-ring (bicyclic) bond motifs is 1. The van der Waals surface area contributed by atoms with E-state index >= 15 is 0 Å². The summed E-state index contributed by atoms with van der Waals surface area (Å²) in [5, 5.41) is 0. The van der Waals surface area contributed by atoms with Gasteiger partial charge in [0.15, 0.2) is 5.82 Å². The van der Waals surface area contributed by atoms with Gasteiger partial charge in [-0.15, -0.1) is 0 Å². The molecule has 2 saturated heterocycles. The van der Waals surface area contributed by atoms with Crippen molar-refractivity contribution in [1.82, 2.24) is 24.8 Å². The fourth-order valence-corrected chi connectivity index (χ4v) is 6.43. The third-order valence-electron chi connectivity index (χ3n) is 8.54. The van der Waals surface area contributed by atoms with Crippen LogP contribution < -0.4 is 14.5 Å². The quantitative estimate of drug-likeness (QED) is 0.246. The standard InChI is InChI=1S/C30H35F5N8O2/c1-5-26(44)42-9-8-41(15-21(42)11-36-4)28-22-6-7-40(25-13-37-12-23(32)27(25)30(33,34)35)16-24(22)38-29(39-28)45-17-20-10-19(31)14-43(20)18(2)3/h5,12-13,18-21H,1,6-11,14-17H2,2-3H3/t19-,20+,21+/m1/s1. The molecule has 5 rings (SSSR count). The number of ether oxygens (including phenoxy) is 1. The lowest BCUT2D eigenvalue weighted by Gasteiger charge is -2.41. The summed E-state index contributed by atoms with van der Waals surface area (Å²) in [4.78, 5) is 35.9. The van der Waals surface area contributed by atoms with Crippen molar-refractivity contribution in [2.45, 2.75) is 63.7 Å². The Morgan fingerprint density at radius 1 is 1.18 bits per heavy atom. The largest absolute Gasteiger partial charge is 0.462 e. The van der Waals surface area contributed by atoms with Gasteiger partial charge in [-0.25, -0.2) is 15.4 Å². The molecular formula is C30H35F5N8O2. The molecule has 0 N–H and O–H groups in total. The van der Waals surface area contributed by atoms with Gasteiger partial charge in [-0.3, -0.25) is 14.7 Å². The Morgan fingerprint density at radius 3 is 2.64 bits per heavy atom. The first-order chi connectivity index (χ1) is 21.4. The Morgan fingerprint density at radius 2 is 1.96 bits per heavy atom. The molecule has 45 heavy (non-hydrogen) atoms. The van der Waals surface area contributed by atoms with Gasteiger partial charge in [0.25, 0.3) is 0 Å². The fourth-order valence-electron chi connectivity index (χ4n) is 6.43. The minimum absolute atomic E-state index is 0.0173. The first-order valence-electron chi connectivity index (χ1n) is 14.8. The SMILES string of the molecule is [C-]#[N+]C[C@H]1CN(c2nc(OC[C@@H]3C[C@@H](F)CN3C(C)C)nc3c2CCN(c2cncc(F)c2C(F)(F)F)C3)CCN1C(=O)C=C. The summed E-state index contributed by atoms with van der Waals surface area (Å²) in [6.07, 6.45) is -2.66. The molecule has 0 radical (unpaired) electrons. The van der Waals surface area contributed by atoms with Crippen LogP contribution >= 0.6 is 0 Å². The second-order valence-corrected chi connectivity index (χ2v) is 11.7. The van der Waals surface area contributed by atoms with Crippen molar-refractivity contribution < 1.29 is 31.5 Å². The number of carbonyl (C=O) groups excluding carboxylic acids is 1. The molecule has 3 aliphatic rings. The van der Waals surface area contributed by atoms with Gasteiger partial charge in [0.2, 0.25) is 12.5 Å². The molecule has 0 aromatic carbocycles. The maximum Gasteiger partial charge on any atom is 0.421 e. The van der Waals surface area contributed by atoms with E-state index in [2.05, 4.69) is 21.4 Å². The first-order valence-corrected chi connectivity index (χ1v) is 14.8. The van der Waals surface area contributed by atoms with Crippen LogP contribution in [0.1, 0.15) is 37.1 Å². The Bertz CT molecular complexity index is 1470. The summed E-state index contributed by atoms with van der Waals surface area (Å²) >= 11 is 0. The summed E-state index contributed by atoms with van der Waals surface area (Å²) < 4.78 is 76.4. The van der Waals surface area contributed by atoms with Crippen LogP contribution in [0.4, 0.5) is 33.5 Å². The second kappa shape index (κ2) is 13.1. The number of carbonyl (C=O) groups is 1. The molecule has 0 aliphatic carbocycles. The lowest BCUT2D eigenvalue weighted by atomic mass is 10.0. The van der Waals surface area contributed by atoms with E-state index < -0.39 is 35.5 Å². The lowest BCUT2D eigenvalue weighted by Crippen LogP contribution is -2.56. The Hall–Kier alpha value is -4.06. The molecule has 0 unspecified atom stereocenters. The number of nitrogens with zero attached hydrogens (tertiary/aromatic N) is 8. The molecule has 0 spiro atoms. The van der Waals surface area contributed by atoms with Gasteiger partial charge in [-0.05, 0) is 32.8 Å². The molecule has 5 heterocycles. The molecular weight excluding hydrogens is 599 g/mol. The number of anilines is 2. The van der Waals surface area contributed by atoms with E-state index in [0.717, 1.165) is 6.20 Å². The predicted molar refractivity (Wildman–Crippen MR) is 156 cm³/mol. The second-order valence-electron chi connectivity index (χ2n) is 11.7. The molecule has 242 valence electrons. The summed E-state index contributed by atoms with van der Waals surface area (Å²) in [5.41, 5.74) is -0.694. The minimum Gasteiger partial charge on any atom is -0.462 e. The van der Waals surface area contributed by atoms with Crippen molar-refractivity contribution in [2.75, 3.05) is 55.7 Å². The van der Waals surface area contributed by atoms with Crippen LogP contribution in [0.5, 0.6) is 6.01 Å². The van der Waals surface area contributed by atoms with E-state index in [1.54, 1.807) is 4.90 Å². The van der Waals surface area contributed by atoms with Crippen molar-refractivity contribution in [3.8, 4) is 6.01 Å². The molecule has 2 fully saturated rings. The highest BCUT2D eigenvalue weighted by molar-refractivity contribution is 5.87. The van der Waals surface area contributed by atoms with Gasteiger partial charge < -0.3 is 24.3 Å². The highest BCUT2D eigenvalue weighted by Crippen LogP contribution is 2.40. The molecule has 3 atom stereocenters. The van der Waals surface area contributed by atoms with Crippen molar-refractivity contribution in [2.24, 2.45) is 0 Å². The summed E-state index contributed by atoms with van der Waals surface area (Å²) in [6, 6.07) is -0.589. The van der Waals surface area contributed by atoms with E-state index in [1.165, 1.54) is 11.0 Å². The number of aromatic nitrogens is 3. The molecule has 0 saturated carbocycles. The van der Waals surface area contributed by atoms with Crippen LogP contribution in [0.25, 0.3) is 4.85 Å². The van der Waals surface area contributed by atoms with E-state index in [0.29, 0.717) is 36.4 Å². The van der Waals surface area contributed by atoms with Crippen molar-refractivity contribution in [3.63, 3.8) is 0 Å². The van der Waals surface area contributed by atoms with Gasteiger partial charge in [0, 0.05) is 50.4 Å². The van der Waals surface area contributed by atoms with Gasteiger partial charge in [0.1, 0.15) is 30.2 Å². The third kappa shape index (κ3) is 6.80. The Balaban J connectivity index is 1.49. The average Bonchev–Trinajstić information content (AvgIpc) is 3.39. The average molecular weight is 635 g/mol. The van der Waals surface area contributed by atoms with E-state index in [1.807, 2.05) is 23.6 Å². The molecule has 15 heteroatoms. The zero-order valence-electron chi connectivity index (χ0n) is 25.1. The summed E-state index contributed by atoms with van der Waals surface area (Å²) in [7, 11) is 0. The fraction of sp³-hybridized carbons (Fsp3) is 0.567. The Kier molecular flexibility index (Phi) is 9.43. The Labute approximate surface area is 258 Å². The number of rotatable bonds is 8. The predicted octanol–water partition coefficient (Wildman–Crippen LogP) is 3.91. The number of hydrogen-bond acceptors (Lipinski definition) is 8. The van der Waals surface area contributed by atoms with Crippen molar-refractivity contribution in [1.29, 1.82) is 0 Å². The number of piperazine rings is 1. The topological polar surface area (TPSA) is 82.3 Å². The van der Waals surface area contributed by atoms with Crippen molar-refractivity contribution >= 4 is 17.4 Å². The maximum absolute atomic E-state index is 14.4. The smallest absolute Gasteiger partial charge is 0.421 e. The number of pyridine rings is 1. The highest BCUT2D eigenvalue weighted by Gasteiger charge is 2.41. The monoisotopic (exact) mass is 634 g/mol. The van der Waals surface area contributed by atoms with Crippen LogP contribution in [0.3, 0.4) is 0 Å². The van der Waals surface area contributed by atoms with Gasteiger partial charge in [0.05, 0.1) is 30.3 Å². The summed E-state index contributed by atoms with van der Waals surface area (Å²) in [6.45, 7) is 16.4. The highest BCUT2D eigenvalue weighted by atomic mass is 19.4. The summed E-state index contributed by atoms with van der Waals surface area (Å²) in [5.74, 6) is -1.25. The van der Waals surface area contributed by atoms with Crippen LogP contribution in [0, 0.1) is 12.4 Å². The van der Waals surface area contributed by atoms with Gasteiger partial charge >= 0.3 is 12.2 Å². The number of halogens is 5. The normalized spacial score (nSPS) is 22.4. The van der Waals surface area contributed by atoms with E-state index in [9.17, 15) is 26.7 Å². The van der Waals surface area contributed by atoms with Crippen LogP contribution in [0.15, 0.2) is 25.0 Å². The number of hydrogen-bond donors (Lipinski definition) is 0. The van der Waals surface area contributed by atoms with Crippen LogP contribution in [-0.4, -0.2) is 101 Å². The van der Waals surface area contributed by atoms with Crippen LogP contribution in [-0.2, 0) is 23.9 Å². The molecule has 10 nitrogen and oxygen atoms in total. The minimum atomic E-state index is -4.94. The first kappa shape index (κ1) is 32.3. The van der Waals surface area contributed by atoms with E-state index in [4.69, 9.17) is 16.3 Å². The van der Waals surface area contributed by atoms with Crippen LogP contribution in [0.2, 0.25) is 0 Å². The molecule has 3 aliphatic heterocycles. The number of likely N-dealkylation sites (tertiary alicyclic amines) is 1. The zero-order chi connectivity index (χ0) is 32.5. The molecule has 0 bridgehead atoms. The number of amides is 1. The van der Waals surface area contributed by atoms with Crippen molar-refractivity contribution in [3.05, 3.63) is 59.1 Å². The molecule has 1 amide bonds. The lowest BCUT2D eigenvalue weighted by molar-refractivity contribution is -0.139. The third-order valence-corrected chi connectivity index (χ3v) is 8.54. The zero-order valence-corrected chi connectivity index (χ0v) is 25.1. The molecule has 2 aromatic heterocycles. The van der Waals surface area contributed by atoms with E-state index in [-0.39, 0.29) is 76.2 Å².